The number of hydrogen-bond donors (Lipinski definition) is 1. The van der Waals surface area contributed by atoms with Crippen molar-refractivity contribution in [3.8, 4) is 5.75 Å². The minimum Gasteiger partial charge on any atom is -0.507 e. The number of Topliss-reactive ketones (excluding diaryl/α,β-unsaturated/α-hetero) is 1. The van der Waals surface area contributed by atoms with Crippen LogP contribution in [-0.4, -0.2) is 46.4 Å². The largest absolute Gasteiger partial charge is 0.507 e. The fraction of sp³-hybridized carbons (Fsp3) is 0.185. The third-order valence-electron chi connectivity index (χ3n) is 5.74. The topological polar surface area (TPSA) is 106 Å². The molecule has 1 aliphatic heterocycles. The Morgan fingerprint density at radius 1 is 1.11 bits per heavy atom. The van der Waals surface area contributed by atoms with E-state index in [1.165, 1.54) is 24.3 Å². The number of aliphatic hydroxyl groups is 1. The average Bonchev–Trinajstić information content (AvgIpc) is 3.14. The number of ketones is 1. The van der Waals surface area contributed by atoms with E-state index in [9.17, 15) is 23.9 Å². The summed E-state index contributed by atoms with van der Waals surface area (Å²) in [4.78, 5) is 43.9. The molecule has 1 saturated heterocycles. The molecule has 0 aliphatic carbocycles. The zero-order valence-electron chi connectivity index (χ0n) is 19.6. The second-order valence-electron chi connectivity index (χ2n) is 7.94. The highest BCUT2D eigenvalue weighted by Gasteiger charge is 2.47. The molecule has 1 aliphatic rings. The lowest BCUT2D eigenvalue weighted by Gasteiger charge is -2.24. The van der Waals surface area contributed by atoms with Crippen LogP contribution < -0.4 is 4.74 Å². The van der Waals surface area contributed by atoms with Gasteiger partial charge in [-0.3, -0.25) is 14.6 Å². The minimum atomic E-state index is -1.04. The van der Waals surface area contributed by atoms with Gasteiger partial charge in [0.05, 0.1) is 36.1 Å². The predicted molar refractivity (Wildman–Crippen MR) is 127 cm³/mol. The van der Waals surface area contributed by atoms with Gasteiger partial charge in [-0.15, -0.1) is 0 Å². The van der Waals surface area contributed by atoms with Gasteiger partial charge in [0.15, 0.2) is 0 Å². The maximum absolute atomic E-state index is 14.0. The smallest absolute Gasteiger partial charge is 0.338 e. The van der Waals surface area contributed by atoms with E-state index in [1.807, 2.05) is 0 Å². The molecular formula is C27H23FN2O6. The number of carbonyl (C=O) groups excluding carboxylic acids is 3. The second-order valence-corrected chi connectivity index (χ2v) is 7.94. The van der Waals surface area contributed by atoms with Crippen molar-refractivity contribution in [3.63, 3.8) is 0 Å². The number of ether oxygens (including phenoxy) is 2. The molecule has 2 heterocycles. The highest BCUT2D eigenvalue weighted by atomic mass is 19.1. The number of pyridine rings is 1. The summed E-state index contributed by atoms with van der Waals surface area (Å²) in [5, 5.41) is 11.2. The Labute approximate surface area is 206 Å². The van der Waals surface area contributed by atoms with Crippen LogP contribution in [0.1, 0.15) is 40.1 Å². The van der Waals surface area contributed by atoms with Gasteiger partial charge in [-0.05, 0) is 55.0 Å². The molecule has 4 rings (SSSR count). The highest BCUT2D eigenvalue weighted by Crippen LogP contribution is 2.41. The molecule has 184 valence electrons. The third-order valence-corrected chi connectivity index (χ3v) is 5.74. The van der Waals surface area contributed by atoms with Gasteiger partial charge in [0.1, 0.15) is 23.4 Å². The van der Waals surface area contributed by atoms with Crippen molar-refractivity contribution >= 4 is 23.4 Å². The minimum absolute atomic E-state index is 0.00795. The van der Waals surface area contributed by atoms with Crippen LogP contribution in [0.2, 0.25) is 0 Å². The van der Waals surface area contributed by atoms with Crippen LogP contribution >= 0.6 is 0 Å². The van der Waals surface area contributed by atoms with E-state index in [-0.39, 0.29) is 30.0 Å². The Bertz CT molecular complexity index is 1340. The Kier molecular flexibility index (Phi) is 7.10. The second kappa shape index (κ2) is 10.4. The number of amides is 1. The summed E-state index contributed by atoms with van der Waals surface area (Å²) in [6, 6.07) is 13.9. The van der Waals surface area contributed by atoms with Gasteiger partial charge < -0.3 is 19.5 Å². The lowest BCUT2D eigenvalue weighted by Crippen LogP contribution is -2.29. The Hall–Kier alpha value is -4.53. The van der Waals surface area contributed by atoms with Gasteiger partial charge in [0.25, 0.3) is 11.7 Å². The number of carbonyl (C=O) groups is 3. The van der Waals surface area contributed by atoms with Crippen molar-refractivity contribution in [2.75, 3.05) is 13.7 Å². The summed E-state index contributed by atoms with van der Waals surface area (Å²) in [5.41, 5.74) is 1.04. The lowest BCUT2D eigenvalue weighted by atomic mass is 9.97. The number of esters is 1. The van der Waals surface area contributed by atoms with E-state index in [4.69, 9.17) is 9.47 Å². The standard InChI is InChI=1S/C27H23FN2O6/c1-3-36-27(34)17-9-7-16(8-10-17)15-30-23(20-6-4-5-13-29-20)22(25(32)26(30)33)24(31)19-14-18(28)11-12-21(19)35-2/h4-14,23,31H,3,15H2,1-2H3/b24-22+. The molecule has 0 bridgehead atoms. The van der Waals surface area contributed by atoms with Crippen molar-refractivity contribution < 1.29 is 33.4 Å². The Morgan fingerprint density at radius 3 is 2.50 bits per heavy atom. The first-order chi connectivity index (χ1) is 17.3. The average molecular weight is 490 g/mol. The highest BCUT2D eigenvalue weighted by molar-refractivity contribution is 6.46. The van der Waals surface area contributed by atoms with E-state index in [1.54, 1.807) is 49.4 Å². The number of aliphatic hydroxyl groups excluding tert-OH is 1. The van der Waals surface area contributed by atoms with Crippen LogP contribution in [0.5, 0.6) is 5.75 Å². The predicted octanol–water partition coefficient (Wildman–Crippen LogP) is 4.03. The van der Waals surface area contributed by atoms with Gasteiger partial charge in [-0.1, -0.05) is 18.2 Å². The van der Waals surface area contributed by atoms with Crippen molar-refractivity contribution in [2.24, 2.45) is 0 Å². The van der Waals surface area contributed by atoms with Crippen LogP contribution in [0, 0.1) is 5.82 Å². The number of nitrogens with zero attached hydrogens (tertiary/aromatic N) is 2. The first-order valence-electron chi connectivity index (χ1n) is 11.1. The molecule has 9 heteroatoms. The maximum atomic E-state index is 14.0. The van der Waals surface area contributed by atoms with Crippen molar-refractivity contribution in [3.05, 3.63) is 101 Å². The number of methoxy groups -OCH3 is 1. The molecule has 1 fully saturated rings. The summed E-state index contributed by atoms with van der Waals surface area (Å²) in [6.07, 6.45) is 1.51. The molecule has 2 aromatic carbocycles. The fourth-order valence-electron chi connectivity index (χ4n) is 4.06. The molecule has 0 saturated carbocycles. The lowest BCUT2D eigenvalue weighted by molar-refractivity contribution is -0.140. The molecule has 0 radical (unpaired) electrons. The molecular weight excluding hydrogens is 467 g/mol. The monoisotopic (exact) mass is 490 g/mol. The third kappa shape index (κ3) is 4.68. The van der Waals surface area contributed by atoms with E-state index >= 15 is 0 Å². The molecule has 36 heavy (non-hydrogen) atoms. The first kappa shape index (κ1) is 24.6. The van der Waals surface area contributed by atoms with Gasteiger partial charge in [0, 0.05) is 12.7 Å². The van der Waals surface area contributed by atoms with Crippen molar-refractivity contribution in [1.82, 2.24) is 9.88 Å². The normalized spacial score (nSPS) is 16.8. The summed E-state index contributed by atoms with van der Waals surface area (Å²) >= 11 is 0. The summed E-state index contributed by atoms with van der Waals surface area (Å²) in [6.45, 7) is 1.94. The molecule has 1 amide bonds. The summed E-state index contributed by atoms with van der Waals surface area (Å²) in [7, 11) is 1.35. The first-order valence-corrected chi connectivity index (χ1v) is 11.1. The Morgan fingerprint density at radius 2 is 1.86 bits per heavy atom. The molecule has 1 aromatic heterocycles. The van der Waals surface area contributed by atoms with Crippen molar-refractivity contribution in [1.29, 1.82) is 0 Å². The van der Waals surface area contributed by atoms with Crippen LogP contribution in [-0.2, 0) is 20.9 Å². The molecule has 3 aromatic rings. The zero-order chi connectivity index (χ0) is 25.8. The quantitative estimate of drug-likeness (QED) is 0.231. The van der Waals surface area contributed by atoms with Gasteiger partial charge in [-0.2, -0.15) is 0 Å². The number of halogens is 1. The maximum Gasteiger partial charge on any atom is 0.338 e. The van der Waals surface area contributed by atoms with Gasteiger partial charge in [0.2, 0.25) is 0 Å². The van der Waals surface area contributed by atoms with E-state index in [2.05, 4.69) is 4.98 Å². The van der Waals surface area contributed by atoms with Gasteiger partial charge >= 0.3 is 5.97 Å². The van der Waals surface area contributed by atoms with E-state index in [0.717, 1.165) is 12.1 Å². The number of hydrogen-bond acceptors (Lipinski definition) is 7. The zero-order valence-corrected chi connectivity index (χ0v) is 19.6. The Balaban J connectivity index is 1.79. The van der Waals surface area contributed by atoms with Crippen molar-refractivity contribution in [2.45, 2.75) is 19.5 Å². The molecule has 8 nitrogen and oxygen atoms in total. The summed E-state index contributed by atoms with van der Waals surface area (Å²) in [5.74, 6) is -3.34. The number of aromatic nitrogens is 1. The number of benzene rings is 2. The van der Waals surface area contributed by atoms with E-state index < -0.39 is 35.3 Å². The SMILES string of the molecule is CCOC(=O)c1ccc(CN2C(=O)C(=O)/C(=C(/O)c3cc(F)ccc3OC)C2c2ccccn2)cc1. The van der Waals surface area contributed by atoms with Crippen LogP contribution in [0.4, 0.5) is 4.39 Å². The number of rotatable bonds is 7. The summed E-state index contributed by atoms with van der Waals surface area (Å²) < 4.78 is 24.3. The van der Waals surface area contributed by atoms with Crippen LogP contribution in [0.25, 0.3) is 5.76 Å². The van der Waals surface area contributed by atoms with Crippen LogP contribution in [0.15, 0.2) is 72.4 Å². The van der Waals surface area contributed by atoms with E-state index in [0.29, 0.717) is 16.8 Å². The fourth-order valence-corrected chi connectivity index (χ4v) is 4.06. The van der Waals surface area contributed by atoms with Crippen LogP contribution in [0.3, 0.4) is 0 Å². The molecule has 1 atom stereocenters. The molecule has 1 unspecified atom stereocenters. The van der Waals surface area contributed by atoms with Gasteiger partial charge in [-0.25, -0.2) is 9.18 Å². The number of likely N-dealkylation sites (tertiary alicyclic amines) is 1. The molecule has 1 N–H and O–H groups in total. The molecule has 0 spiro atoms.